The second kappa shape index (κ2) is 5.98. The van der Waals surface area contributed by atoms with Gasteiger partial charge in [-0.2, -0.15) is 5.06 Å². The fraction of sp³-hybridized carbons (Fsp3) is 0.824. The summed E-state index contributed by atoms with van der Waals surface area (Å²) in [6.45, 7) is 16.9. The van der Waals surface area contributed by atoms with Crippen molar-refractivity contribution in [2.75, 3.05) is 0 Å². The van der Waals surface area contributed by atoms with Crippen LogP contribution in [-0.2, 0) is 9.63 Å². The van der Waals surface area contributed by atoms with E-state index in [-0.39, 0.29) is 22.6 Å². The summed E-state index contributed by atoms with van der Waals surface area (Å²) in [6.07, 6.45) is 6.47. The second-order valence-electron chi connectivity index (χ2n) is 7.79. The van der Waals surface area contributed by atoms with E-state index in [0.29, 0.717) is 6.42 Å². The van der Waals surface area contributed by atoms with E-state index in [4.69, 9.17) is 4.84 Å². The molecular weight excluding hydrogens is 250 g/mol. The number of hydrogen-bond acceptors (Lipinski definition) is 3. The minimum Gasteiger partial charge on any atom is -0.303 e. The van der Waals surface area contributed by atoms with Gasteiger partial charge in [-0.05, 0) is 47.0 Å². The molecule has 1 atom stereocenters. The zero-order valence-electron chi connectivity index (χ0n) is 14.0. The van der Waals surface area contributed by atoms with Gasteiger partial charge in [-0.25, -0.2) is 0 Å². The lowest BCUT2D eigenvalue weighted by atomic mass is 9.81. The van der Waals surface area contributed by atoms with Gasteiger partial charge >= 0.3 is 0 Å². The summed E-state index contributed by atoms with van der Waals surface area (Å²) >= 11 is 0. The maximum absolute atomic E-state index is 11.0. The fourth-order valence-electron chi connectivity index (χ4n) is 3.09. The number of hydrogen-bond donors (Lipinski definition) is 0. The first-order chi connectivity index (χ1) is 9.07. The van der Waals surface area contributed by atoms with Gasteiger partial charge in [0.15, 0.2) is 0 Å². The highest BCUT2D eigenvalue weighted by atomic mass is 16.7. The lowest BCUT2D eigenvalue weighted by Crippen LogP contribution is -2.60. The first kappa shape index (κ1) is 17.4. The molecule has 0 aromatic heterocycles. The Bertz CT molecular complexity index is 342. The van der Waals surface area contributed by atoms with Crippen molar-refractivity contribution in [3.05, 3.63) is 12.7 Å². The van der Waals surface area contributed by atoms with Crippen LogP contribution in [0.25, 0.3) is 0 Å². The topological polar surface area (TPSA) is 29.5 Å². The molecule has 1 aliphatic rings. The standard InChI is InChI=1S/C17H31NO2/c1-8-15(2,3)14(10-13-19)20-18-16(4,5)11-9-12-17(18,6)7/h8,13-14H,1,9-12H2,2-7H3. The predicted octanol–water partition coefficient (Wildman–Crippen LogP) is 4.13. The van der Waals surface area contributed by atoms with Crippen molar-refractivity contribution in [1.82, 2.24) is 5.06 Å². The molecule has 0 radical (unpaired) electrons. The Morgan fingerprint density at radius 2 is 1.75 bits per heavy atom. The van der Waals surface area contributed by atoms with E-state index >= 15 is 0 Å². The number of rotatable bonds is 6. The first-order valence-electron chi connectivity index (χ1n) is 7.61. The summed E-state index contributed by atoms with van der Waals surface area (Å²) in [5.74, 6) is 0. The quantitative estimate of drug-likeness (QED) is 0.541. The van der Waals surface area contributed by atoms with Crippen molar-refractivity contribution in [3.63, 3.8) is 0 Å². The monoisotopic (exact) mass is 281 g/mol. The Labute approximate surface area is 124 Å². The summed E-state index contributed by atoms with van der Waals surface area (Å²) < 4.78 is 0. The summed E-state index contributed by atoms with van der Waals surface area (Å²) in [5, 5.41) is 2.13. The van der Waals surface area contributed by atoms with Crippen molar-refractivity contribution >= 4 is 6.29 Å². The Balaban J connectivity index is 3.00. The molecule has 116 valence electrons. The Morgan fingerprint density at radius 1 is 1.25 bits per heavy atom. The van der Waals surface area contributed by atoms with Gasteiger partial charge in [0, 0.05) is 22.9 Å². The second-order valence-corrected chi connectivity index (χ2v) is 7.79. The van der Waals surface area contributed by atoms with Crippen LogP contribution in [-0.4, -0.2) is 28.5 Å². The molecular formula is C17H31NO2. The smallest absolute Gasteiger partial charge is 0.122 e. The average Bonchev–Trinajstić information content (AvgIpc) is 2.31. The molecule has 0 aliphatic carbocycles. The maximum Gasteiger partial charge on any atom is 0.122 e. The zero-order valence-corrected chi connectivity index (χ0v) is 14.0. The van der Waals surface area contributed by atoms with Crippen LogP contribution >= 0.6 is 0 Å². The Kier molecular flexibility index (Phi) is 5.20. The molecule has 1 aliphatic heterocycles. The zero-order chi connectivity index (χ0) is 15.6. The SMILES string of the molecule is C=CC(C)(C)C(CC=O)ON1C(C)(C)CCCC1(C)C. The molecule has 1 rings (SSSR count). The molecule has 0 spiro atoms. The van der Waals surface area contributed by atoms with E-state index < -0.39 is 0 Å². The molecule has 1 saturated heterocycles. The molecule has 20 heavy (non-hydrogen) atoms. The van der Waals surface area contributed by atoms with Crippen LogP contribution in [0.5, 0.6) is 0 Å². The van der Waals surface area contributed by atoms with Gasteiger partial charge < -0.3 is 4.79 Å². The van der Waals surface area contributed by atoms with Gasteiger partial charge in [-0.15, -0.1) is 6.58 Å². The van der Waals surface area contributed by atoms with Gasteiger partial charge in [-0.1, -0.05) is 19.9 Å². The highest BCUT2D eigenvalue weighted by Gasteiger charge is 2.45. The summed E-state index contributed by atoms with van der Waals surface area (Å²) in [6, 6.07) is 0. The maximum atomic E-state index is 11.0. The predicted molar refractivity (Wildman–Crippen MR) is 83.4 cm³/mol. The Morgan fingerprint density at radius 3 is 2.15 bits per heavy atom. The Hall–Kier alpha value is -0.670. The van der Waals surface area contributed by atoms with E-state index in [2.05, 4.69) is 53.2 Å². The first-order valence-corrected chi connectivity index (χ1v) is 7.61. The molecule has 1 heterocycles. The van der Waals surface area contributed by atoms with E-state index in [9.17, 15) is 4.79 Å². The van der Waals surface area contributed by atoms with E-state index in [1.54, 1.807) is 0 Å². The van der Waals surface area contributed by atoms with Crippen LogP contribution in [0.1, 0.15) is 67.2 Å². The van der Waals surface area contributed by atoms with Crippen LogP contribution in [0.2, 0.25) is 0 Å². The highest BCUT2D eigenvalue weighted by Crippen LogP contribution is 2.40. The number of piperidine rings is 1. The van der Waals surface area contributed by atoms with Gasteiger partial charge in [0.25, 0.3) is 0 Å². The van der Waals surface area contributed by atoms with Gasteiger partial charge in [-0.3, -0.25) is 4.84 Å². The van der Waals surface area contributed by atoms with Crippen LogP contribution in [0.15, 0.2) is 12.7 Å². The lowest BCUT2D eigenvalue weighted by molar-refractivity contribution is -0.315. The fourth-order valence-corrected chi connectivity index (χ4v) is 3.09. The highest BCUT2D eigenvalue weighted by molar-refractivity contribution is 5.50. The summed E-state index contributed by atoms with van der Waals surface area (Å²) in [5.41, 5.74) is -0.259. The molecule has 0 aromatic carbocycles. The number of hydroxylamine groups is 2. The van der Waals surface area contributed by atoms with Crippen molar-refractivity contribution in [1.29, 1.82) is 0 Å². The molecule has 0 bridgehead atoms. The van der Waals surface area contributed by atoms with Crippen LogP contribution in [0.3, 0.4) is 0 Å². The normalized spacial score (nSPS) is 24.1. The number of nitrogens with zero attached hydrogens (tertiary/aromatic N) is 1. The number of carbonyl (C=O) groups is 1. The van der Waals surface area contributed by atoms with Gasteiger partial charge in [0.1, 0.15) is 6.29 Å². The average molecular weight is 281 g/mol. The van der Waals surface area contributed by atoms with Crippen molar-refractivity contribution < 1.29 is 9.63 Å². The molecule has 0 saturated carbocycles. The molecule has 1 fully saturated rings. The van der Waals surface area contributed by atoms with Crippen LogP contribution in [0.4, 0.5) is 0 Å². The van der Waals surface area contributed by atoms with E-state index in [0.717, 1.165) is 19.1 Å². The molecule has 3 heteroatoms. The molecule has 0 aromatic rings. The molecule has 0 amide bonds. The van der Waals surface area contributed by atoms with E-state index in [1.165, 1.54) is 6.42 Å². The van der Waals surface area contributed by atoms with Gasteiger partial charge in [0.05, 0.1) is 6.10 Å². The third-order valence-electron chi connectivity index (χ3n) is 4.58. The largest absolute Gasteiger partial charge is 0.303 e. The summed E-state index contributed by atoms with van der Waals surface area (Å²) in [4.78, 5) is 17.4. The molecule has 3 nitrogen and oxygen atoms in total. The number of carbonyl (C=O) groups excluding carboxylic acids is 1. The third kappa shape index (κ3) is 3.70. The van der Waals surface area contributed by atoms with Crippen molar-refractivity contribution in [2.24, 2.45) is 5.41 Å². The molecule has 1 unspecified atom stereocenters. The lowest BCUT2D eigenvalue weighted by Gasteiger charge is -2.53. The van der Waals surface area contributed by atoms with Gasteiger partial charge in [0.2, 0.25) is 0 Å². The van der Waals surface area contributed by atoms with Crippen LogP contribution < -0.4 is 0 Å². The number of aldehydes is 1. The summed E-state index contributed by atoms with van der Waals surface area (Å²) in [7, 11) is 0. The third-order valence-corrected chi connectivity index (χ3v) is 4.58. The van der Waals surface area contributed by atoms with Crippen molar-refractivity contribution in [3.8, 4) is 0 Å². The minimum atomic E-state index is -0.232. The minimum absolute atomic E-state index is 0.0138. The van der Waals surface area contributed by atoms with Crippen molar-refractivity contribution in [2.45, 2.75) is 84.4 Å². The van der Waals surface area contributed by atoms with Crippen LogP contribution in [0, 0.1) is 5.41 Å². The molecule has 0 N–H and O–H groups in total. The van der Waals surface area contributed by atoms with E-state index in [1.807, 2.05) is 6.08 Å².